The molecule has 1 fully saturated rings. The SMILES string of the molecule is C=C[C@@H]1[C@@H](c2ccc(Br)cc2)[C@]1(F)C(=O)OC. The van der Waals surface area contributed by atoms with Crippen LogP contribution in [0, 0.1) is 5.92 Å². The van der Waals surface area contributed by atoms with Crippen LogP contribution in [0.2, 0.25) is 0 Å². The van der Waals surface area contributed by atoms with E-state index in [2.05, 4.69) is 27.2 Å². The Morgan fingerprint density at radius 2 is 2.12 bits per heavy atom. The number of hydrogen-bond acceptors (Lipinski definition) is 2. The lowest BCUT2D eigenvalue weighted by Gasteiger charge is -2.05. The maximum Gasteiger partial charge on any atom is 0.344 e. The van der Waals surface area contributed by atoms with Gasteiger partial charge in [0.25, 0.3) is 0 Å². The molecule has 90 valence electrons. The van der Waals surface area contributed by atoms with E-state index in [0.717, 1.165) is 10.0 Å². The number of hydrogen-bond donors (Lipinski definition) is 0. The zero-order chi connectivity index (χ0) is 12.6. The first-order valence-electron chi connectivity index (χ1n) is 5.21. The lowest BCUT2D eigenvalue weighted by atomic mass is 10.1. The van der Waals surface area contributed by atoms with E-state index in [1.165, 1.54) is 13.2 Å². The van der Waals surface area contributed by atoms with Crippen molar-refractivity contribution in [3.05, 3.63) is 47.0 Å². The fraction of sp³-hybridized carbons (Fsp3) is 0.308. The second-order valence-electron chi connectivity index (χ2n) is 4.05. The van der Waals surface area contributed by atoms with Crippen molar-refractivity contribution in [1.82, 2.24) is 0 Å². The Morgan fingerprint density at radius 1 is 1.53 bits per heavy atom. The summed E-state index contributed by atoms with van der Waals surface area (Å²) in [6.45, 7) is 3.57. The van der Waals surface area contributed by atoms with Gasteiger partial charge in [-0.2, -0.15) is 0 Å². The van der Waals surface area contributed by atoms with Gasteiger partial charge in [0.05, 0.1) is 7.11 Å². The molecule has 0 spiro atoms. The third-order valence-electron chi connectivity index (χ3n) is 3.17. The topological polar surface area (TPSA) is 26.3 Å². The van der Waals surface area contributed by atoms with E-state index < -0.39 is 23.5 Å². The largest absolute Gasteiger partial charge is 0.467 e. The van der Waals surface area contributed by atoms with E-state index in [9.17, 15) is 9.18 Å². The molecule has 0 aliphatic heterocycles. The Kier molecular flexibility index (Phi) is 3.08. The average molecular weight is 299 g/mol. The summed E-state index contributed by atoms with van der Waals surface area (Å²) >= 11 is 3.31. The normalized spacial score (nSPS) is 30.8. The lowest BCUT2D eigenvalue weighted by molar-refractivity contribution is -0.149. The highest BCUT2D eigenvalue weighted by molar-refractivity contribution is 9.10. The van der Waals surface area contributed by atoms with Crippen LogP contribution < -0.4 is 0 Å². The van der Waals surface area contributed by atoms with Gasteiger partial charge >= 0.3 is 5.97 Å². The first-order valence-corrected chi connectivity index (χ1v) is 6.00. The summed E-state index contributed by atoms with van der Waals surface area (Å²) in [5.41, 5.74) is -1.17. The minimum atomic E-state index is -1.95. The smallest absolute Gasteiger partial charge is 0.344 e. The molecule has 0 radical (unpaired) electrons. The standard InChI is InChI=1S/C13H12BrFO2/c1-3-10-11(13(10,15)12(16)17-2)8-4-6-9(14)7-5-8/h3-7,10-11H,1H2,2H3/t10-,11-,13+/m1/s1. The fourth-order valence-corrected chi connectivity index (χ4v) is 2.49. The highest BCUT2D eigenvalue weighted by atomic mass is 79.9. The maximum absolute atomic E-state index is 14.5. The number of methoxy groups -OCH3 is 1. The molecule has 0 heterocycles. The molecule has 0 N–H and O–H groups in total. The first-order chi connectivity index (χ1) is 8.05. The molecule has 3 atom stereocenters. The molecule has 1 aromatic rings. The Balaban J connectivity index is 2.31. The molecule has 0 aromatic heterocycles. The number of esters is 1. The van der Waals surface area contributed by atoms with Crippen LogP contribution in [0.1, 0.15) is 11.5 Å². The molecular weight excluding hydrogens is 287 g/mol. The summed E-state index contributed by atoms with van der Waals surface area (Å²) in [5, 5.41) is 0. The Bertz CT molecular complexity index is 457. The molecule has 1 aliphatic rings. The number of alkyl halides is 1. The van der Waals surface area contributed by atoms with Gasteiger partial charge in [0.15, 0.2) is 0 Å². The van der Waals surface area contributed by atoms with Crippen LogP contribution in [-0.4, -0.2) is 18.7 Å². The number of rotatable bonds is 3. The van der Waals surface area contributed by atoms with Gasteiger partial charge < -0.3 is 4.74 Å². The van der Waals surface area contributed by atoms with Crippen molar-refractivity contribution in [2.45, 2.75) is 11.6 Å². The fourth-order valence-electron chi connectivity index (χ4n) is 2.23. The van der Waals surface area contributed by atoms with Crippen molar-refractivity contribution in [1.29, 1.82) is 0 Å². The number of ether oxygens (including phenoxy) is 1. The van der Waals surface area contributed by atoms with Gasteiger partial charge in [-0.1, -0.05) is 34.1 Å². The lowest BCUT2D eigenvalue weighted by Crippen LogP contribution is -2.22. The van der Waals surface area contributed by atoms with Crippen LogP contribution >= 0.6 is 15.9 Å². The van der Waals surface area contributed by atoms with Crippen LogP contribution in [0.5, 0.6) is 0 Å². The second kappa shape index (κ2) is 4.26. The minimum Gasteiger partial charge on any atom is -0.467 e. The van der Waals surface area contributed by atoms with E-state index in [1.807, 2.05) is 12.1 Å². The van der Waals surface area contributed by atoms with Crippen molar-refractivity contribution >= 4 is 21.9 Å². The molecular formula is C13H12BrFO2. The van der Waals surface area contributed by atoms with Crippen molar-refractivity contribution in [3.63, 3.8) is 0 Å². The molecule has 0 amide bonds. The average Bonchev–Trinajstić information content (AvgIpc) is 2.96. The molecule has 17 heavy (non-hydrogen) atoms. The van der Waals surface area contributed by atoms with Gasteiger partial charge in [-0.15, -0.1) is 6.58 Å². The molecule has 2 rings (SSSR count). The Hall–Kier alpha value is -1.16. The molecule has 0 saturated heterocycles. The van der Waals surface area contributed by atoms with E-state index in [-0.39, 0.29) is 0 Å². The van der Waals surface area contributed by atoms with Gasteiger partial charge in [0.1, 0.15) is 0 Å². The van der Waals surface area contributed by atoms with Gasteiger partial charge in [-0.05, 0) is 17.7 Å². The first kappa shape index (κ1) is 12.3. The highest BCUT2D eigenvalue weighted by Crippen LogP contribution is 2.61. The predicted molar refractivity (Wildman–Crippen MR) is 66.4 cm³/mol. The summed E-state index contributed by atoms with van der Waals surface area (Å²) in [6, 6.07) is 7.25. The van der Waals surface area contributed by atoms with Crippen LogP contribution in [-0.2, 0) is 9.53 Å². The molecule has 2 nitrogen and oxygen atoms in total. The Labute approximate surface area is 108 Å². The maximum atomic E-state index is 14.5. The van der Waals surface area contributed by atoms with Crippen LogP contribution in [0.25, 0.3) is 0 Å². The molecule has 4 heteroatoms. The minimum absolute atomic E-state index is 0.486. The van der Waals surface area contributed by atoms with E-state index in [0.29, 0.717) is 0 Å². The summed E-state index contributed by atoms with van der Waals surface area (Å²) in [4.78, 5) is 11.5. The molecule has 1 aromatic carbocycles. The van der Waals surface area contributed by atoms with E-state index in [4.69, 9.17) is 0 Å². The third-order valence-corrected chi connectivity index (χ3v) is 3.70. The van der Waals surface area contributed by atoms with Gasteiger partial charge in [-0.3, -0.25) is 0 Å². The number of carbonyl (C=O) groups excluding carboxylic acids is 1. The van der Waals surface area contributed by atoms with E-state index in [1.54, 1.807) is 12.1 Å². The number of allylic oxidation sites excluding steroid dienone is 1. The van der Waals surface area contributed by atoms with Crippen LogP contribution in [0.3, 0.4) is 0 Å². The van der Waals surface area contributed by atoms with Crippen LogP contribution in [0.4, 0.5) is 4.39 Å². The van der Waals surface area contributed by atoms with Crippen molar-refractivity contribution in [3.8, 4) is 0 Å². The van der Waals surface area contributed by atoms with Gasteiger partial charge in [-0.25, -0.2) is 9.18 Å². The predicted octanol–water partition coefficient (Wildman–Crippen LogP) is 3.23. The van der Waals surface area contributed by atoms with Crippen molar-refractivity contribution < 1.29 is 13.9 Å². The summed E-state index contributed by atoms with van der Waals surface area (Å²) < 4.78 is 19.9. The van der Waals surface area contributed by atoms with Crippen LogP contribution in [0.15, 0.2) is 41.4 Å². The third kappa shape index (κ3) is 1.80. The summed E-state index contributed by atoms with van der Waals surface area (Å²) in [6.07, 6.45) is 1.48. The van der Waals surface area contributed by atoms with Crippen molar-refractivity contribution in [2.24, 2.45) is 5.92 Å². The second-order valence-corrected chi connectivity index (χ2v) is 4.97. The van der Waals surface area contributed by atoms with Crippen molar-refractivity contribution in [2.75, 3.05) is 7.11 Å². The number of benzene rings is 1. The molecule has 0 unspecified atom stereocenters. The monoisotopic (exact) mass is 298 g/mol. The molecule has 0 bridgehead atoms. The number of carbonyl (C=O) groups is 1. The summed E-state index contributed by atoms with van der Waals surface area (Å²) in [5.74, 6) is -1.81. The molecule has 1 aliphatic carbocycles. The zero-order valence-corrected chi connectivity index (χ0v) is 10.9. The number of halogens is 2. The Morgan fingerprint density at radius 3 is 2.59 bits per heavy atom. The zero-order valence-electron chi connectivity index (χ0n) is 9.32. The summed E-state index contributed by atoms with van der Waals surface area (Å²) in [7, 11) is 1.20. The highest BCUT2D eigenvalue weighted by Gasteiger charge is 2.71. The van der Waals surface area contributed by atoms with E-state index >= 15 is 0 Å². The van der Waals surface area contributed by atoms with Gasteiger partial charge in [0, 0.05) is 16.3 Å². The molecule has 1 saturated carbocycles. The van der Waals surface area contributed by atoms with Gasteiger partial charge in [0.2, 0.25) is 5.67 Å². The quantitative estimate of drug-likeness (QED) is 0.633.